The summed E-state index contributed by atoms with van der Waals surface area (Å²) in [5, 5.41) is 0. The van der Waals surface area contributed by atoms with Crippen LogP contribution in [0.25, 0.3) is 6.08 Å². The van der Waals surface area contributed by atoms with Crippen LogP contribution in [0.15, 0.2) is 17.1 Å². The lowest BCUT2D eigenvalue weighted by Gasteiger charge is -1.76. The summed E-state index contributed by atoms with van der Waals surface area (Å²) < 4.78 is 0. The van der Waals surface area contributed by atoms with Crippen LogP contribution in [0.4, 0.5) is 0 Å². The minimum absolute atomic E-state index is 1.30. The molecule has 0 fully saturated rings. The summed E-state index contributed by atoms with van der Waals surface area (Å²) in [6, 6.07) is 4.23. The molecule has 0 nitrogen and oxygen atoms in total. The highest BCUT2D eigenvalue weighted by Gasteiger charge is 1.88. The van der Waals surface area contributed by atoms with Crippen molar-refractivity contribution < 1.29 is 0 Å². The predicted molar refractivity (Wildman–Crippen MR) is 47.0 cm³/mol. The number of hydrogen-bond donors (Lipinski definition) is 0. The van der Waals surface area contributed by atoms with Crippen molar-refractivity contribution in [2.75, 3.05) is 0 Å². The Bertz CT molecular complexity index is 212. The van der Waals surface area contributed by atoms with Gasteiger partial charge in [-0.3, -0.25) is 0 Å². The van der Waals surface area contributed by atoms with Gasteiger partial charge < -0.3 is 0 Å². The zero-order chi connectivity index (χ0) is 6.69. The molecule has 2 heteroatoms. The summed E-state index contributed by atoms with van der Waals surface area (Å²) in [5.74, 6) is 0. The molecule has 0 amide bonds. The van der Waals surface area contributed by atoms with Gasteiger partial charge in [0.2, 0.25) is 0 Å². The van der Waals surface area contributed by atoms with Gasteiger partial charge in [-0.05, 0) is 30.1 Å². The second-order valence-corrected chi connectivity index (χ2v) is 3.59. The van der Waals surface area contributed by atoms with Crippen LogP contribution in [0.2, 0.25) is 0 Å². The van der Waals surface area contributed by atoms with Crippen LogP contribution < -0.4 is 0 Å². The van der Waals surface area contributed by atoms with Crippen LogP contribution in [-0.2, 0) is 0 Å². The molecule has 0 aromatic carbocycles. The van der Waals surface area contributed by atoms with E-state index in [4.69, 9.17) is 0 Å². The van der Waals surface area contributed by atoms with Crippen molar-refractivity contribution in [1.82, 2.24) is 0 Å². The van der Waals surface area contributed by atoms with Crippen LogP contribution in [-0.4, -0.2) is 0 Å². The van der Waals surface area contributed by atoms with E-state index in [1.165, 1.54) is 9.75 Å². The number of hydrogen-bond acceptors (Lipinski definition) is 1. The van der Waals surface area contributed by atoms with Crippen molar-refractivity contribution in [3.63, 3.8) is 0 Å². The molecule has 0 unspecified atom stereocenters. The molecule has 0 aliphatic rings. The first-order valence-electron chi connectivity index (χ1n) is 2.66. The number of rotatable bonds is 1. The van der Waals surface area contributed by atoms with Crippen molar-refractivity contribution in [1.29, 1.82) is 0 Å². The number of aryl methyl sites for hydroxylation is 1. The monoisotopic (exact) mass is 202 g/mol. The predicted octanol–water partition coefficient (Wildman–Crippen LogP) is 3.42. The Morgan fingerprint density at radius 1 is 1.56 bits per heavy atom. The topological polar surface area (TPSA) is 0 Å². The lowest BCUT2D eigenvalue weighted by molar-refractivity contribution is 1.64. The van der Waals surface area contributed by atoms with Crippen LogP contribution in [0.1, 0.15) is 9.75 Å². The van der Waals surface area contributed by atoms with E-state index in [1.807, 2.05) is 11.1 Å². The highest BCUT2D eigenvalue weighted by atomic mass is 79.9. The van der Waals surface area contributed by atoms with E-state index in [0.717, 1.165) is 0 Å². The van der Waals surface area contributed by atoms with Gasteiger partial charge in [-0.2, -0.15) is 0 Å². The SMILES string of the molecule is Cc1ccc(/C=C/Br)s1. The van der Waals surface area contributed by atoms with Gasteiger partial charge in [-0.1, -0.05) is 15.9 Å². The quantitative estimate of drug-likeness (QED) is 0.655. The van der Waals surface area contributed by atoms with Gasteiger partial charge >= 0.3 is 0 Å². The average Bonchev–Trinajstić information content (AvgIpc) is 2.17. The van der Waals surface area contributed by atoms with Crippen LogP contribution >= 0.6 is 27.3 Å². The van der Waals surface area contributed by atoms with E-state index < -0.39 is 0 Å². The van der Waals surface area contributed by atoms with Gasteiger partial charge in [0.1, 0.15) is 0 Å². The van der Waals surface area contributed by atoms with E-state index in [9.17, 15) is 0 Å². The second-order valence-electron chi connectivity index (χ2n) is 1.74. The molecule has 0 radical (unpaired) electrons. The summed E-state index contributed by atoms with van der Waals surface area (Å²) in [6.07, 6.45) is 2.04. The minimum Gasteiger partial charge on any atom is -0.141 e. The van der Waals surface area contributed by atoms with E-state index in [1.54, 1.807) is 11.3 Å². The highest BCUT2D eigenvalue weighted by molar-refractivity contribution is 9.11. The third-order valence-corrected chi connectivity index (χ3v) is 2.22. The molecule has 0 aliphatic carbocycles. The van der Waals surface area contributed by atoms with E-state index in [2.05, 4.69) is 35.0 Å². The Kier molecular flexibility index (Phi) is 2.49. The molecule has 0 saturated carbocycles. The van der Waals surface area contributed by atoms with E-state index >= 15 is 0 Å². The Balaban J connectivity index is 2.85. The van der Waals surface area contributed by atoms with Crippen molar-refractivity contribution >= 4 is 33.3 Å². The lowest BCUT2D eigenvalue weighted by Crippen LogP contribution is -1.48. The first-order valence-corrected chi connectivity index (χ1v) is 4.39. The minimum atomic E-state index is 1.30. The van der Waals surface area contributed by atoms with Crippen molar-refractivity contribution in [2.45, 2.75) is 6.92 Å². The molecule has 9 heavy (non-hydrogen) atoms. The standard InChI is InChI=1S/C7H7BrS/c1-6-2-3-7(9-6)4-5-8/h2-5H,1H3/b5-4+. The van der Waals surface area contributed by atoms with Gasteiger partial charge in [0.15, 0.2) is 0 Å². The van der Waals surface area contributed by atoms with Gasteiger partial charge in [-0.15, -0.1) is 11.3 Å². The maximum absolute atomic E-state index is 3.22. The molecule has 0 aliphatic heterocycles. The van der Waals surface area contributed by atoms with Crippen molar-refractivity contribution in [3.8, 4) is 0 Å². The zero-order valence-corrected chi connectivity index (χ0v) is 7.50. The Hall–Kier alpha value is -0.0800. The third kappa shape index (κ3) is 1.95. The lowest BCUT2D eigenvalue weighted by atomic mass is 10.4. The normalized spacial score (nSPS) is 10.9. The van der Waals surface area contributed by atoms with Crippen LogP contribution in [0.3, 0.4) is 0 Å². The summed E-state index contributed by atoms with van der Waals surface area (Å²) in [7, 11) is 0. The van der Waals surface area contributed by atoms with Gasteiger partial charge in [0.05, 0.1) is 0 Å². The molecule has 0 spiro atoms. The average molecular weight is 203 g/mol. The maximum atomic E-state index is 3.22. The first kappa shape index (κ1) is 7.03. The fourth-order valence-electron chi connectivity index (χ4n) is 0.605. The molecule has 48 valence electrons. The maximum Gasteiger partial charge on any atom is 0.0278 e. The van der Waals surface area contributed by atoms with Gasteiger partial charge in [0, 0.05) is 9.75 Å². The molecule has 1 heterocycles. The molecule has 0 bridgehead atoms. The van der Waals surface area contributed by atoms with E-state index in [0.29, 0.717) is 0 Å². The third-order valence-electron chi connectivity index (χ3n) is 0.988. The van der Waals surface area contributed by atoms with Crippen molar-refractivity contribution in [3.05, 3.63) is 26.9 Å². The molecule has 0 N–H and O–H groups in total. The summed E-state index contributed by atoms with van der Waals surface area (Å²) in [5.41, 5.74) is 0. The zero-order valence-electron chi connectivity index (χ0n) is 5.10. The molecule has 1 aromatic rings. The molecular weight excluding hydrogens is 196 g/mol. The summed E-state index contributed by atoms with van der Waals surface area (Å²) in [4.78, 5) is 4.53. The molecular formula is C7H7BrS. The Labute approximate surface area is 67.3 Å². The molecule has 0 saturated heterocycles. The molecule has 1 rings (SSSR count). The summed E-state index contributed by atoms with van der Waals surface area (Å²) >= 11 is 5.02. The van der Waals surface area contributed by atoms with Crippen molar-refractivity contribution in [2.24, 2.45) is 0 Å². The molecule has 1 aromatic heterocycles. The van der Waals surface area contributed by atoms with Gasteiger partial charge in [-0.25, -0.2) is 0 Å². The van der Waals surface area contributed by atoms with Gasteiger partial charge in [0.25, 0.3) is 0 Å². The fourth-order valence-corrected chi connectivity index (χ4v) is 1.84. The number of thiophene rings is 1. The second kappa shape index (κ2) is 3.18. The Morgan fingerprint density at radius 3 is 2.78 bits per heavy atom. The number of halogens is 1. The van der Waals surface area contributed by atoms with Crippen LogP contribution in [0.5, 0.6) is 0 Å². The fraction of sp³-hybridized carbons (Fsp3) is 0.143. The molecule has 0 atom stereocenters. The summed E-state index contributed by atoms with van der Waals surface area (Å²) in [6.45, 7) is 2.11. The van der Waals surface area contributed by atoms with E-state index in [-0.39, 0.29) is 0 Å². The first-order chi connectivity index (χ1) is 4.33. The highest BCUT2D eigenvalue weighted by Crippen LogP contribution is 2.16. The largest absolute Gasteiger partial charge is 0.141 e. The van der Waals surface area contributed by atoms with Crippen LogP contribution in [0, 0.1) is 6.92 Å². The smallest absolute Gasteiger partial charge is 0.0278 e. The Morgan fingerprint density at radius 2 is 2.33 bits per heavy atom.